The van der Waals surface area contributed by atoms with Crippen LogP contribution >= 0.6 is 23.2 Å². The number of nitrogens with two attached hydrogens (primary N) is 1. The molecule has 24 heavy (non-hydrogen) atoms. The molecular formula is C17H22Cl2N4O. The smallest absolute Gasteiger partial charge is 0.225 e. The number of rotatable bonds is 9. The van der Waals surface area contributed by atoms with Crippen molar-refractivity contribution >= 4 is 34.9 Å². The molecule has 0 aliphatic carbocycles. The molecule has 1 amide bonds. The van der Waals surface area contributed by atoms with E-state index in [4.69, 9.17) is 28.9 Å². The maximum absolute atomic E-state index is 12.1. The molecule has 3 N–H and O–H groups in total. The van der Waals surface area contributed by atoms with Gasteiger partial charge in [-0.15, -0.1) is 0 Å². The lowest BCUT2D eigenvalue weighted by Crippen LogP contribution is -2.16. The van der Waals surface area contributed by atoms with E-state index in [1.165, 1.54) is 0 Å². The van der Waals surface area contributed by atoms with Gasteiger partial charge >= 0.3 is 0 Å². The van der Waals surface area contributed by atoms with E-state index in [1.807, 2.05) is 0 Å². The third-order valence-electron chi connectivity index (χ3n) is 3.71. The topological polar surface area (TPSA) is 72.9 Å². The average molecular weight is 369 g/mol. The third-order valence-corrected chi connectivity index (χ3v) is 4.42. The Balaban J connectivity index is 1.92. The van der Waals surface area contributed by atoms with Gasteiger partial charge in [-0.05, 0) is 31.5 Å². The number of nitrogens with zero attached hydrogens (tertiary/aromatic N) is 2. The largest absolute Gasteiger partial charge is 0.330 e. The van der Waals surface area contributed by atoms with E-state index >= 15 is 0 Å². The highest BCUT2D eigenvalue weighted by Gasteiger charge is 2.11. The Morgan fingerprint density at radius 1 is 1.12 bits per heavy atom. The number of hydrogen-bond donors (Lipinski definition) is 2. The number of hydrogen-bond acceptors (Lipinski definition) is 3. The molecule has 0 fully saturated rings. The van der Waals surface area contributed by atoms with Crippen molar-refractivity contribution in [3.8, 4) is 0 Å². The van der Waals surface area contributed by atoms with E-state index in [0.717, 1.165) is 31.2 Å². The number of anilines is 1. The summed E-state index contributed by atoms with van der Waals surface area (Å²) in [4.78, 5) is 12.1. The second-order valence-electron chi connectivity index (χ2n) is 5.58. The molecule has 0 aliphatic heterocycles. The molecule has 0 radical (unpaired) electrons. The molecule has 0 spiro atoms. The summed E-state index contributed by atoms with van der Waals surface area (Å²) < 4.78 is 1.68. The monoisotopic (exact) mass is 368 g/mol. The number of benzene rings is 1. The Kier molecular flexibility index (Phi) is 7.56. The fourth-order valence-corrected chi connectivity index (χ4v) is 2.90. The minimum Gasteiger partial charge on any atom is -0.330 e. The van der Waals surface area contributed by atoms with E-state index in [2.05, 4.69) is 10.4 Å². The Bertz CT molecular complexity index is 652. The summed E-state index contributed by atoms with van der Waals surface area (Å²) in [5.41, 5.74) is 6.23. The van der Waals surface area contributed by atoms with Crippen LogP contribution in [0.2, 0.25) is 10.0 Å². The van der Waals surface area contributed by atoms with Crippen molar-refractivity contribution < 1.29 is 4.79 Å². The van der Waals surface area contributed by atoms with Gasteiger partial charge in [-0.25, -0.2) is 4.68 Å². The van der Waals surface area contributed by atoms with Crippen LogP contribution in [0.15, 0.2) is 30.5 Å². The maximum Gasteiger partial charge on any atom is 0.225 e. The van der Waals surface area contributed by atoms with Crippen LogP contribution in [-0.2, 0) is 11.3 Å². The number of aromatic nitrogens is 2. The SMILES string of the molecule is NCCCCCCC(=O)Nc1ccnn1Cc1c(Cl)cccc1Cl. The van der Waals surface area contributed by atoms with Gasteiger partial charge in [0.25, 0.3) is 0 Å². The normalized spacial score (nSPS) is 10.8. The van der Waals surface area contributed by atoms with Crippen LogP contribution in [0.1, 0.15) is 37.7 Å². The third kappa shape index (κ3) is 5.51. The minimum absolute atomic E-state index is 0.0187. The van der Waals surface area contributed by atoms with Crippen molar-refractivity contribution in [1.29, 1.82) is 0 Å². The van der Waals surface area contributed by atoms with Crippen LogP contribution in [0.5, 0.6) is 0 Å². The minimum atomic E-state index is -0.0187. The molecule has 130 valence electrons. The molecule has 0 saturated heterocycles. The number of nitrogens with one attached hydrogen (secondary N) is 1. The molecule has 0 saturated carbocycles. The highest BCUT2D eigenvalue weighted by atomic mass is 35.5. The van der Waals surface area contributed by atoms with Crippen molar-refractivity contribution in [2.45, 2.75) is 38.6 Å². The van der Waals surface area contributed by atoms with Crippen LogP contribution in [0.25, 0.3) is 0 Å². The zero-order chi connectivity index (χ0) is 17.4. The van der Waals surface area contributed by atoms with Crippen LogP contribution in [0.4, 0.5) is 5.82 Å². The lowest BCUT2D eigenvalue weighted by molar-refractivity contribution is -0.116. The van der Waals surface area contributed by atoms with Crippen LogP contribution in [-0.4, -0.2) is 22.2 Å². The first-order valence-corrected chi connectivity index (χ1v) is 8.82. The molecular weight excluding hydrogens is 347 g/mol. The molecule has 0 aliphatic rings. The lowest BCUT2D eigenvalue weighted by Gasteiger charge is -2.11. The van der Waals surface area contributed by atoms with Gasteiger partial charge in [0, 0.05) is 28.1 Å². The molecule has 1 aromatic heterocycles. The Morgan fingerprint density at radius 3 is 2.54 bits per heavy atom. The van der Waals surface area contributed by atoms with Crippen LogP contribution in [0.3, 0.4) is 0 Å². The Morgan fingerprint density at radius 2 is 1.83 bits per heavy atom. The van der Waals surface area contributed by atoms with Crippen molar-refractivity contribution in [3.63, 3.8) is 0 Å². The summed E-state index contributed by atoms with van der Waals surface area (Å²) >= 11 is 12.4. The second-order valence-corrected chi connectivity index (χ2v) is 6.39. The van der Waals surface area contributed by atoms with Crippen LogP contribution < -0.4 is 11.1 Å². The highest BCUT2D eigenvalue weighted by Crippen LogP contribution is 2.26. The molecule has 7 heteroatoms. The molecule has 2 aromatic rings. The van der Waals surface area contributed by atoms with E-state index in [9.17, 15) is 4.79 Å². The van der Waals surface area contributed by atoms with Gasteiger partial charge in [0.2, 0.25) is 5.91 Å². The first-order chi connectivity index (χ1) is 11.6. The van der Waals surface area contributed by atoms with E-state index in [1.54, 1.807) is 35.1 Å². The molecule has 0 bridgehead atoms. The summed E-state index contributed by atoms with van der Waals surface area (Å²) in [6, 6.07) is 7.12. The van der Waals surface area contributed by atoms with Crippen LogP contribution in [0, 0.1) is 0 Å². The molecule has 5 nitrogen and oxygen atoms in total. The van der Waals surface area contributed by atoms with Crippen molar-refractivity contribution in [1.82, 2.24) is 9.78 Å². The quantitative estimate of drug-likeness (QED) is 0.654. The van der Waals surface area contributed by atoms with Gasteiger partial charge in [0.15, 0.2) is 0 Å². The van der Waals surface area contributed by atoms with Gasteiger partial charge in [0.1, 0.15) is 5.82 Å². The van der Waals surface area contributed by atoms with Crippen molar-refractivity contribution in [2.24, 2.45) is 5.73 Å². The molecule has 1 heterocycles. The summed E-state index contributed by atoms with van der Waals surface area (Å²) in [6.07, 6.45) is 6.07. The first-order valence-electron chi connectivity index (χ1n) is 8.06. The van der Waals surface area contributed by atoms with E-state index in [-0.39, 0.29) is 5.91 Å². The van der Waals surface area contributed by atoms with Gasteiger partial charge in [-0.1, -0.05) is 42.1 Å². The molecule has 0 unspecified atom stereocenters. The zero-order valence-corrected chi connectivity index (χ0v) is 15.0. The first kappa shape index (κ1) is 18.8. The fraction of sp³-hybridized carbons (Fsp3) is 0.412. The van der Waals surface area contributed by atoms with Crippen molar-refractivity contribution in [2.75, 3.05) is 11.9 Å². The second kappa shape index (κ2) is 9.67. The Labute approximate surface area is 152 Å². The summed E-state index contributed by atoms with van der Waals surface area (Å²) in [5, 5.41) is 8.29. The van der Waals surface area contributed by atoms with Crippen molar-refractivity contribution in [3.05, 3.63) is 46.1 Å². The van der Waals surface area contributed by atoms with Gasteiger partial charge in [-0.2, -0.15) is 5.10 Å². The maximum atomic E-state index is 12.1. The highest BCUT2D eigenvalue weighted by molar-refractivity contribution is 6.35. The summed E-state index contributed by atoms with van der Waals surface area (Å²) in [5.74, 6) is 0.618. The predicted molar refractivity (Wildman–Crippen MR) is 98.6 cm³/mol. The fourth-order valence-electron chi connectivity index (χ4n) is 2.39. The summed E-state index contributed by atoms with van der Waals surface area (Å²) in [7, 11) is 0. The number of unbranched alkanes of at least 4 members (excludes halogenated alkanes) is 3. The number of amides is 1. The zero-order valence-electron chi connectivity index (χ0n) is 13.5. The van der Waals surface area contributed by atoms with E-state index in [0.29, 0.717) is 35.4 Å². The number of carbonyl (C=O) groups is 1. The summed E-state index contributed by atoms with van der Waals surface area (Å²) in [6.45, 7) is 1.10. The van der Waals surface area contributed by atoms with Gasteiger partial charge in [0.05, 0.1) is 12.7 Å². The molecule has 2 rings (SSSR count). The molecule has 1 aromatic carbocycles. The van der Waals surface area contributed by atoms with E-state index < -0.39 is 0 Å². The Hall–Kier alpha value is -1.56. The average Bonchev–Trinajstić information content (AvgIpc) is 2.98. The van der Waals surface area contributed by atoms with Gasteiger partial charge in [-0.3, -0.25) is 4.79 Å². The predicted octanol–water partition coefficient (Wildman–Crippen LogP) is 4.09. The van der Waals surface area contributed by atoms with Gasteiger partial charge < -0.3 is 11.1 Å². The number of halogens is 2. The standard InChI is InChI=1S/C17H22Cl2N4O/c18-14-6-5-7-15(19)13(14)12-23-16(9-11-21-23)22-17(24)8-3-1-2-4-10-20/h5-7,9,11H,1-4,8,10,12,20H2,(H,22,24). The number of carbonyl (C=O) groups excluding carboxylic acids is 1. The molecule has 0 atom stereocenters. The lowest BCUT2D eigenvalue weighted by atomic mass is 10.1.